The number of para-hydroxylation sites is 1. The Labute approximate surface area is 159 Å². The first-order chi connectivity index (χ1) is 13.3. The van der Waals surface area contributed by atoms with E-state index >= 15 is 0 Å². The Bertz CT molecular complexity index is 1240. The van der Waals surface area contributed by atoms with Crippen LogP contribution in [-0.4, -0.2) is 13.9 Å². The van der Waals surface area contributed by atoms with E-state index in [0.717, 1.165) is 21.5 Å². The molecule has 4 aromatic rings. The van der Waals surface area contributed by atoms with Gasteiger partial charge in [-0.1, -0.05) is 66.7 Å². The second kappa shape index (κ2) is 6.53. The number of alkyl halides is 3. The normalized spacial score (nSPS) is 12.4. The summed E-state index contributed by atoms with van der Waals surface area (Å²) in [6.45, 7) is 0. The average Bonchev–Trinajstić information content (AvgIpc) is 2.65. The van der Waals surface area contributed by atoms with Crippen LogP contribution in [0.25, 0.3) is 32.7 Å². The molecule has 4 rings (SSSR count). The van der Waals surface area contributed by atoms with Crippen LogP contribution in [0.15, 0.2) is 78.9 Å². The molecule has 3 nitrogen and oxygen atoms in total. The third kappa shape index (κ3) is 3.07. The molecular weight excluding hydrogens is 389 g/mol. The fourth-order valence-corrected chi connectivity index (χ4v) is 3.69. The summed E-state index contributed by atoms with van der Waals surface area (Å²) in [5.41, 5.74) is -4.63. The quantitative estimate of drug-likeness (QED) is 0.244. The van der Waals surface area contributed by atoms with Crippen LogP contribution in [0.3, 0.4) is 0 Å². The minimum atomic E-state index is -5.79. The fourth-order valence-electron chi connectivity index (χ4n) is 3.22. The van der Waals surface area contributed by atoms with Crippen molar-refractivity contribution in [3.63, 3.8) is 0 Å². The van der Waals surface area contributed by atoms with E-state index in [4.69, 9.17) is 0 Å². The van der Waals surface area contributed by atoms with E-state index in [9.17, 15) is 21.6 Å². The number of rotatable bonds is 3. The fraction of sp³-hybridized carbons (Fsp3) is 0.0476. The molecule has 0 saturated carbocycles. The molecule has 0 aliphatic carbocycles. The van der Waals surface area contributed by atoms with Gasteiger partial charge in [-0.15, -0.1) is 0 Å². The molecule has 142 valence electrons. The Morgan fingerprint density at radius 3 is 1.79 bits per heavy atom. The van der Waals surface area contributed by atoms with Gasteiger partial charge in [0.25, 0.3) is 0 Å². The van der Waals surface area contributed by atoms with Crippen LogP contribution in [0.1, 0.15) is 0 Å². The Balaban J connectivity index is 2.04. The van der Waals surface area contributed by atoms with Gasteiger partial charge in [0.05, 0.1) is 0 Å². The van der Waals surface area contributed by atoms with Crippen molar-refractivity contribution >= 4 is 31.7 Å². The van der Waals surface area contributed by atoms with Crippen molar-refractivity contribution in [2.45, 2.75) is 5.51 Å². The molecule has 0 amide bonds. The van der Waals surface area contributed by atoms with Crippen LogP contribution in [0.4, 0.5) is 13.2 Å². The van der Waals surface area contributed by atoms with Gasteiger partial charge in [-0.2, -0.15) is 21.6 Å². The zero-order valence-electron chi connectivity index (χ0n) is 14.3. The Morgan fingerprint density at radius 2 is 1.21 bits per heavy atom. The topological polar surface area (TPSA) is 43.4 Å². The first kappa shape index (κ1) is 18.3. The number of benzene rings is 4. The van der Waals surface area contributed by atoms with E-state index in [1.54, 1.807) is 12.1 Å². The number of hydrogen-bond donors (Lipinski definition) is 0. The SMILES string of the molecule is O=S(=O)(Oc1ccccc1-c1c2ccccc2cc2ccccc12)C(F)(F)F. The maximum Gasteiger partial charge on any atom is 0.534 e. The third-order valence-electron chi connectivity index (χ3n) is 4.41. The van der Waals surface area contributed by atoms with Gasteiger partial charge in [-0.25, -0.2) is 0 Å². The van der Waals surface area contributed by atoms with Crippen molar-refractivity contribution in [1.82, 2.24) is 0 Å². The van der Waals surface area contributed by atoms with Crippen molar-refractivity contribution in [3.8, 4) is 16.9 Å². The molecule has 0 spiro atoms. The third-order valence-corrected chi connectivity index (χ3v) is 5.38. The van der Waals surface area contributed by atoms with Crippen molar-refractivity contribution < 1.29 is 25.8 Å². The molecule has 0 radical (unpaired) electrons. The molecule has 4 aromatic carbocycles. The monoisotopic (exact) mass is 402 g/mol. The number of hydrogen-bond acceptors (Lipinski definition) is 3. The Kier molecular flexibility index (Phi) is 4.27. The first-order valence-corrected chi connectivity index (χ1v) is 9.69. The van der Waals surface area contributed by atoms with Gasteiger partial charge < -0.3 is 4.18 Å². The minimum Gasteiger partial charge on any atom is -0.375 e. The zero-order chi connectivity index (χ0) is 19.9. The predicted molar refractivity (Wildman–Crippen MR) is 102 cm³/mol. The van der Waals surface area contributed by atoms with Crippen molar-refractivity contribution in [2.24, 2.45) is 0 Å². The molecule has 0 N–H and O–H groups in total. The summed E-state index contributed by atoms with van der Waals surface area (Å²) in [6, 6.07) is 22.6. The Morgan fingerprint density at radius 1 is 0.714 bits per heavy atom. The lowest BCUT2D eigenvalue weighted by molar-refractivity contribution is -0.0499. The van der Waals surface area contributed by atoms with Gasteiger partial charge in [0, 0.05) is 11.1 Å². The molecule has 0 bridgehead atoms. The molecule has 0 fully saturated rings. The van der Waals surface area contributed by atoms with Crippen LogP contribution in [0, 0.1) is 0 Å². The number of halogens is 3. The lowest BCUT2D eigenvalue weighted by Gasteiger charge is -2.16. The van der Waals surface area contributed by atoms with E-state index in [1.165, 1.54) is 12.1 Å². The lowest BCUT2D eigenvalue weighted by Crippen LogP contribution is -2.28. The summed E-state index contributed by atoms with van der Waals surface area (Å²) >= 11 is 0. The molecule has 0 aliphatic rings. The summed E-state index contributed by atoms with van der Waals surface area (Å²) in [7, 11) is -5.79. The van der Waals surface area contributed by atoms with Crippen molar-refractivity contribution in [2.75, 3.05) is 0 Å². The smallest absolute Gasteiger partial charge is 0.375 e. The summed E-state index contributed by atoms with van der Waals surface area (Å²) in [5, 5.41) is 3.32. The summed E-state index contributed by atoms with van der Waals surface area (Å²) in [6.07, 6.45) is 0. The van der Waals surface area contributed by atoms with Crippen LogP contribution >= 0.6 is 0 Å². The van der Waals surface area contributed by atoms with E-state index < -0.39 is 15.6 Å². The standard InChI is InChI=1S/C21H13F3O3S/c22-21(23,24)28(25,26)27-19-12-6-5-11-18(19)20-16-9-3-1-7-14(16)13-15-8-2-4-10-17(15)20/h1-13H. The van der Waals surface area contributed by atoms with E-state index in [1.807, 2.05) is 54.6 Å². The molecular formula is C21H13F3O3S. The first-order valence-electron chi connectivity index (χ1n) is 8.28. The van der Waals surface area contributed by atoms with Gasteiger partial charge in [-0.05, 0) is 33.7 Å². The van der Waals surface area contributed by atoms with Gasteiger partial charge in [0.1, 0.15) is 0 Å². The van der Waals surface area contributed by atoms with Crippen molar-refractivity contribution in [1.29, 1.82) is 0 Å². The predicted octanol–water partition coefficient (Wildman–Crippen LogP) is 5.89. The highest BCUT2D eigenvalue weighted by Crippen LogP contribution is 2.41. The summed E-state index contributed by atoms with van der Waals surface area (Å²) in [5.74, 6) is -0.374. The molecule has 0 heterocycles. The molecule has 0 aromatic heterocycles. The van der Waals surface area contributed by atoms with Crippen molar-refractivity contribution in [3.05, 3.63) is 78.9 Å². The molecule has 0 atom stereocenters. The maximum absolute atomic E-state index is 12.8. The molecule has 28 heavy (non-hydrogen) atoms. The molecule has 0 unspecified atom stereocenters. The zero-order valence-corrected chi connectivity index (χ0v) is 15.1. The maximum atomic E-state index is 12.8. The Hall–Kier alpha value is -3.06. The molecule has 7 heteroatoms. The number of fused-ring (bicyclic) bond motifs is 2. The summed E-state index contributed by atoms with van der Waals surface area (Å²) < 4.78 is 66.2. The second-order valence-electron chi connectivity index (χ2n) is 6.17. The van der Waals surface area contributed by atoms with Gasteiger partial charge in [0.15, 0.2) is 5.75 Å². The largest absolute Gasteiger partial charge is 0.534 e. The average molecular weight is 402 g/mol. The molecule has 0 saturated heterocycles. The van der Waals surface area contributed by atoms with Gasteiger partial charge in [-0.3, -0.25) is 0 Å². The minimum absolute atomic E-state index is 0.267. The highest BCUT2D eigenvalue weighted by Gasteiger charge is 2.48. The van der Waals surface area contributed by atoms with Crippen LogP contribution in [0.5, 0.6) is 5.75 Å². The van der Waals surface area contributed by atoms with E-state index in [-0.39, 0.29) is 11.3 Å². The molecule has 0 aliphatic heterocycles. The second-order valence-corrected chi connectivity index (χ2v) is 7.71. The van der Waals surface area contributed by atoms with E-state index in [0.29, 0.717) is 5.56 Å². The highest BCUT2D eigenvalue weighted by molar-refractivity contribution is 7.88. The van der Waals surface area contributed by atoms with E-state index in [2.05, 4.69) is 4.18 Å². The highest BCUT2D eigenvalue weighted by atomic mass is 32.2. The van der Waals surface area contributed by atoms with Gasteiger partial charge >= 0.3 is 15.6 Å². The lowest BCUT2D eigenvalue weighted by atomic mass is 9.92. The van der Waals surface area contributed by atoms with Crippen LogP contribution < -0.4 is 4.18 Å². The van der Waals surface area contributed by atoms with Gasteiger partial charge in [0.2, 0.25) is 0 Å². The van der Waals surface area contributed by atoms with Crippen LogP contribution in [0.2, 0.25) is 0 Å². The summed E-state index contributed by atoms with van der Waals surface area (Å²) in [4.78, 5) is 0. The van der Waals surface area contributed by atoms with Crippen LogP contribution in [-0.2, 0) is 10.1 Å².